The van der Waals surface area contributed by atoms with Crippen molar-refractivity contribution >= 4 is 11.6 Å². The summed E-state index contributed by atoms with van der Waals surface area (Å²) in [6.07, 6.45) is 2.76. The number of hydrogen-bond acceptors (Lipinski definition) is 5. The Morgan fingerprint density at radius 2 is 2.32 bits per heavy atom. The number of fused-ring (bicyclic) bond motifs is 1. The van der Waals surface area contributed by atoms with Gasteiger partial charge in [0, 0.05) is 30.9 Å². The fraction of sp³-hybridized carbons (Fsp3) is 0.615. The molecule has 1 aliphatic rings. The zero-order valence-corrected chi connectivity index (χ0v) is 11.7. The maximum absolute atomic E-state index is 4.39. The lowest BCUT2D eigenvalue weighted by Crippen LogP contribution is -2.34. The van der Waals surface area contributed by atoms with Crippen LogP contribution in [0.5, 0.6) is 0 Å². The third kappa shape index (κ3) is 2.16. The van der Waals surface area contributed by atoms with Gasteiger partial charge in [0.25, 0.3) is 5.78 Å². The van der Waals surface area contributed by atoms with E-state index in [0.29, 0.717) is 11.8 Å². The molecule has 0 N–H and O–H groups in total. The van der Waals surface area contributed by atoms with E-state index in [2.05, 4.69) is 44.9 Å². The van der Waals surface area contributed by atoms with Crippen LogP contribution >= 0.6 is 0 Å². The predicted molar refractivity (Wildman–Crippen MR) is 74.4 cm³/mol. The van der Waals surface area contributed by atoms with Gasteiger partial charge in [-0.1, -0.05) is 6.92 Å². The van der Waals surface area contributed by atoms with Gasteiger partial charge < -0.3 is 9.80 Å². The minimum absolute atomic E-state index is 0.622. The number of aryl methyl sites for hydroxylation is 1. The van der Waals surface area contributed by atoms with Crippen molar-refractivity contribution in [2.24, 2.45) is 0 Å². The highest BCUT2D eigenvalue weighted by Gasteiger charge is 2.27. The van der Waals surface area contributed by atoms with Gasteiger partial charge in [-0.15, -0.1) is 0 Å². The largest absolute Gasteiger partial charge is 0.355 e. The summed E-state index contributed by atoms with van der Waals surface area (Å²) in [7, 11) is 2.19. The van der Waals surface area contributed by atoms with Gasteiger partial charge >= 0.3 is 0 Å². The minimum atomic E-state index is 0.622. The van der Waals surface area contributed by atoms with E-state index < -0.39 is 0 Å². The summed E-state index contributed by atoms with van der Waals surface area (Å²) in [4.78, 5) is 13.4. The molecule has 102 valence electrons. The topological polar surface area (TPSA) is 49.6 Å². The molecular weight excluding hydrogens is 240 g/mol. The summed E-state index contributed by atoms with van der Waals surface area (Å²) in [6, 6.07) is 2.72. The van der Waals surface area contributed by atoms with E-state index in [1.165, 1.54) is 6.42 Å². The highest BCUT2D eigenvalue weighted by Crippen LogP contribution is 2.23. The standard InChI is InChI=1S/C13H20N6/c1-4-17(3)11-5-6-18(8-11)12-7-10(2)16-13-14-9-15-19(12)13/h7,9,11H,4-6,8H2,1-3H3. The predicted octanol–water partition coefficient (Wildman–Crippen LogP) is 0.963. The molecular formula is C13H20N6. The SMILES string of the molecule is CCN(C)C1CCN(c2cc(C)nc3ncnn23)C1. The molecule has 2 aromatic heterocycles. The minimum Gasteiger partial charge on any atom is -0.355 e. The molecule has 6 nitrogen and oxygen atoms in total. The lowest BCUT2D eigenvalue weighted by molar-refractivity contribution is 0.272. The molecule has 1 unspecified atom stereocenters. The summed E-state index contributed by atoms with van der Waals surface area (Å²) >= 11 is 0. The Kier molecular flexibility index (Phi) is 3.10. The Labute approximate surface area is 113 Å². The average Bonchev–Trinajstić information content (AvgIpc) is 3.05. The monoisotopic (exact) mass is 260 g/mol. The van der Waals surface area contributed by atoms with Crippen molar-refractivity contribution in [1.82, 2.24) is 24.5 Å². The van der Waals surface area contributed by atoms with Crippen molar-refractivity contribution in [2.75, 3.05) is 31.6 Å². The third-order valence-electron chi connectivity index (χ3n) is 3.97. The number of hydrogen-bond donors (Lipinski definition) is 0. The van der Waals surface area contributed by atoms with E-state index in [1.807, 2.05) is 11.4 Å². The molecule has 1 saturated heterocycles. The van der Waals surface area contributed by atoms with Gasteiger partial charge in [0.15, 0.2) is 0 Å². The summed E-state index contributed by atoms with van der Waals surface area (Å²) in [5.41, 5.74) is 0.989. The zero-order chi connectivity index (χ0) is 13.4. The second-order valence-electron chi connectivity index (χ2n) is 5.19. The lowest BCUT2D eigenvalue weighted by Gasteiger charge is -2.24. The van der Waals surface area contributed by atoms with E-state index in [0.717, 1.165) is 31.1 Å². The number of likely N-dealkylation sites (N-methyl/N-ethyl adjacent to an activating group) is 1. The van der Waals surface area contributed by atoms with Gasteiger partial charge in [0.2, 0.25) is 0 Å². The normalized spacial score (nSPS) is 19.8. The molecule has 0 aromatic carbocycles. The maximum Gasteiger partial charge on any atom is 0.254 e. The zero-order valence-electron chi connectivity index (χ0n) is 11.7. The Hall–Kier alpha value is -1.69. The molecule has 0 saturated carbocycles. The first-order valence-electron chi connectivity index (χ1n) is 6.81. The molecule has 1 fully saturated rings. The molecule has 19 heavy (non-hydrogen) atoms. The molecule has 0 amide bonds. The molecule has 0 aliphatic carbocycles. The van der Waals surface area contributed by atoms with Gasteiger partial charge in [-0.05, 0) is 26.9 Å². The molecule has 1 atom stereocenters. The Morgan fingerprint density at radius 3 is 3.11 bits per heavy atom. The van der Waals surface area contributed by atoms with Crippen LogP contribution in [0, 0.1) is 6.92 Å². The van der Waals surface area contributed by atoms with Gasteiger partial charge in [0.05, 0.1) is 0 Å². The molecule has 0 bridgehead atoms. The molecule has 3 heterocycles. The average molecular weight is 260 g/mol. The van der Waals surface area contributed by atoms with Gasteiger partial charge in [-0.25, -0.2) is 4.98 Å². The molecule has 0 radical (unpaired) electrons. The van der Waals surface area contributed by atoms with Crippen LogP contribution < -0.4 is 4.90 Å². The molecule has 0 spiro atoms. The third-order valence-corrected chi connectivity index (χ3v) is 3.97. The van der Waals surface area contributed by atoms with Gasteiger partial charge in [0.1, 0.15) is 12.1 Å². The molecule has 3 rings (SSSR count). The summed E-state index contributed by atoms with van der Waals surface area (Å²) in [5.74, 6) is 1.79. The first kappa shape index (κ1) is 12.3. The van der Waals surface area contributed by atoms with E-state index in [4.69, 9.17) is 0 Å². The van der Waals surface area contributed by atoms with Crippen molar-refractivity contribution in [3.63, 3.8) is 0 Å². The second-order valence-corrected chi connectivity index (χ2v) is 5.19. The highest BCUT2D eigenvalue weighted by atomic mass is 15.4. The summed E-state index contributed by atoms with van der Waals surface area (Å²) in [6.45, 7) is 7.40. The van der Waals surface area contributed by atoms with Crippen molar-refractivity contribution in [2.45, 2.75) is 26.3 Å². The number of aromatic nitrogens is 4. The van der Waals surface area contributed by atoms with Crippen LogP contribution in [-0.4, -0.2) is 57.2 Å². The first-order chi connectivity index (χ1) is 9.19. The Morgan fingerprint density at radius 1 is 1.47 bits per heavy atom. The highest BCUT2D eigenvalue weighted by molar-refractivity contribution is 5.48. The van der Waals surface area contributed by atoms with Crippen LogP contribution in [0.25, 0.3) is 5.78 Å². The molecule has 6 heteroatoms. The lowest BCUT2D eigenvalue weighted by atomic mass is 10.2. The van der Waals surface area contributed by atoms with Gasteiger partial charge in [-0.2, -0.15) is 14.6 Å². The maximum atomic E-state index is 4.39. The van der Waals surface area contributed by atoms with Crippen LogP contribution in [0.3, 0.4) is 0 Å². The number of anilines is 1. The molecule has 1 aliphatic heterocycles. The van der Waals surface area contributed by atoms with Crippen molar-refractivity contribution in [3.05, 3.63) is 18.1 Å². The summed E-state index contributed by atoms with van der Waals surface area (Å²) < 4.78 is 1.83. The van der Waals surface area contributed by atoms with Crippen LogP contribution in [0.1, 0.15) is 19.0 Å². The number of rotatable bonds is 3. The Bertz CT molecular complexity index is 578. The van der Waals surface area contributed by atoms with Crippen LogP contribution in [0.4, 0.5) is 5.82 Å². The fourth-order valence-corrected chi connectivity index (χ4v) is 2.70. The number of nitrogens with zero attached hydrogens (tertiary/aromatic N) is 6. The van der Waals surface area contributed by atoms with Gasteiger partial charge in [-0.3, -0.25) is 0 Å². The summed E-state index contributed by atoms with van der Waals surface area (Å²) in [5, 5.41) is 4.28. The fourth-order valence-electron chi connectivity index (χ4n) is 2.70. The van der Waals surface area contributed by atoms with Crippen LogP contribution in [0.2, 0.25) is 0 Å². The van der Waals surface area contributed by atoms with E-state index in [9.17, 15) is 0 Å². The van der Waals surface area contributed by atoms with E-state index in [-0.39, 0.29) is 0 Å². The van der Waals surface area contributed by atoms with Crippen molar-refractivity contribution in [1.29, 1.82) is 0 Å². The van der Waals surface area contributed by atoms with Crippen LogP contribution in [0.15, 0.2) is 12.4 Å². The molecule has 2 aromatic rings. The first-order valence-corrected chi connectivity index (χ1v) is 6.81. The smallest absolute Gasteiger partial charge is 0.254 e. The Balaban J connectivity index is 1.91. The quantitative estimate of drug-likeness (QED) is 0.823. The van der Waals surface area contributed by atoms with E-state index in [1.54, 1.807) is 6.33 Å². The van der Waals surface area contributed by atoms with Crippen molar-refractivity contribution < 1.29 is 0 Å². The van der Waals surface area contributed by atoms with Crippen LogP contribution in [-0.2, 0) is 0 Å². The van der Waals surface area contributed by atoms with E-state index >= 15 is 0 Å². The van der Waals surface area contributed by atoms with Crippen molar-refractivity contribution in [3.8, 4) is 0 Å². The second kappa shape index (κ2) is 4.77.